The number of aromatic nitrogens is 2. The van der Waals surface area contributed by atoms with Gasteiger partial charge in [0.15, 0.2) is 6.61 Å². The molecule has 0 unspecified atom stereocenters. The number of carbonyl (C=O) groups is 2. The van der Waals surface area contributed by atoms with Crippen molar-refractivity contribution >= 4 is 28.5 Å². The van der Waals surface area contributed by atoms with E-state index in [9.17, 15) is 14.0 Å². The summed E-state index contributed by atoms with van der Waals surface area (Å²) in [6.07, 6.45) is 2.52. The van der Waals surface area contributed by atoms with Gasteiger partial charge in [-0.15, -0.1) is 0 Å². The Bertz CT molecular complexity index is 1270. The number of hydrogen-bond acceptors (Lipinski definition) is 4. The lowest BCUT2D eigenvalue weighted by atomic mass is 10.2. The topological polar surface area (TPSA) is 85.2 Å². The van der Waals surface area contributed by atoms with Crippen LogP contribution < -0.4 is 15.4 Å². The number of fused-ring (bicyclic) bond motifs is 1. The Morgan fingerprint density at radius 2 is 1.73 bits per heavy atom. The monoisotopic (exact) mass is 446 g/mol. The molecule has 0 aliphatic heterocycles. The molecule has 1 heterocycles. The number of nitrogens with zero attached hydrogens (tertiary/aromatic N) is 2. The molecule has 0 saturated heterocycles. The van der Waals surface area contributed by atoms with Crippen LogP contribution in [0.4, 0.5) is 10.1 Å². The fourth-order valence-corrected chi connectivity index (χ4v) is 3.41. The van der Waals surface area contributed by atoms with Gasteiger partial charge >= 0.3 is 0 Å². The van der Waals surface area contributed by atoms with E-state index in [1.165, 1.54) is 18.2 Å². The standard InChI is InChI=1S/C25H23FN4O3/c26-19-9-2-3-10-20(19)29-24(31)16-33-23-13-6-1-8-18(23)25(32)27-14-7-15-30-17-28-21-11-4-5-12-22(21)30/h1-6,8-13,17H,7,14-16H2,(H,27,32)(H,29,31). The number of anilines is 1. The second-order valence-corrected chi connectivity index (χ2v) is 7.35. The second-order valence-electron chi connectivity index (χ2n) is 7.35. The molecule has 0 radical (unpaired) electrons. The number of carbonyl (C=O) groups excluding carboxylic acids is 2. The molecule has 4 aromatic rings. The van der Waals surface area contributed by atoms with Gasteiger partial charge in [0.1, 0.15) is 11.6 Å². The summed E-state index contributed by atoms with van der Waals surface area (Å²) in [4.78, 5) is 29.1. The lowest BCUT2D eigenvalue weighted by molar-refractivity contribution is -0.118. The minimum Gasteiger partial charge on any atom is -0.483 e. The van der Waals surface area contributed by atoms with Crippen molar-refractivity contribution in [3.8, 4) is 5.75 Å². The molecular weight excluding hydrogens is 423 g/mol. The van der Waals surface area contributed by atoms with Crippen LogP contribution >= 0.6 is 0 Å². The van der Waals surface area contributed by atoms with Gasteiger partial charge in [0, 0.05) is 13.1 Å². The zero-order valence-electron chi connectivity index (χ0n) is 17.8. The first-order valence-corrected chi connectivity index (χ1v) is 10.6. The van der Waals surface area contributed by atoms with Gasteiger partial charge in [-0.2, -0.15) is 0 Å². The quantitative estimate of drug-likeness (QED) is 0.381. The molecule has 3 aromatic carbocycles. The molecule has 0 bridgehead atoms. The highest BCUT2D eigenvalue weighted by Gasteiger charge is 2.14. The number of amides is 2. The number of ether oxygens (including phenoxy) is 1. The van der Waals surface area contributed by atoms with Crippen molar-refractivity contribution in [2.24, 2.45) is 0 Å². The van der Waals surface area contributed by atoms with Gasteiger partial charge in [-0.25, -0.2) is 9.37 Å². The Balaban J connectivity index is 1.28. The zero-order valence-corrected chi connectivity index (χ0v) is 17.8. The predicted molar refractivity (Wildman–Crippen MR) is 124 cm³/mol. The molecule has 4 rings (SSSR count). The SMILES string of the molecule is O=C(COc1ccccc1C(=O)NCCCn1cnc2ccccc21)Nc1ccccc1F. The van der Waals surface area contributed by atoms with Gasteiger partial charge in [0.05, 0.1) is 28.6 Å². The van der Waals surface area contributed by atoms with E-state index in [2.05, 4.69) is 15.6 Å². The summed E-state index contributed by atoms with van der Waals surface area (Å²) >= 11 is 0. The number of nitrogens with one attached hydrogen (secondary N) is 2. The summed E-state index contributed by atoms with van der Waals surface area (Å²) in [5.41, 5.74) is 2.38. The number of rotatable bonds is 9. The van der Waals surface area contributed by atoms with E-state index in [4.69, 9.17) is 4.74 Å². The summed E-state index contributed by atoms with van der Waals surface area (Å²) in [5, 5.41) is 5.33. The number of benzene rings is 3. The van der Waals surface area contributed by atoms with Crippen LogP contribution in [0, 0.1) is 5.82 Å². The minimum atomic E-state index is -0.533. The van der Waals surface area contributed by atoms with E-state index in [0.717, 1.165) is 24.0 Å². The molecule has 33 heavy (non-hydrogen) atoms. The van der Waals surface area contributed by atoms with Crippen LogP contribution in [0.5, 0.6) is 5.75 Å². The van der Waals surface area contributed by atoms with Gasteiger partial charge in [0.25, 0.3) is 11.8 Å². The lowest BCUT2D eigenvalue weighted by Crippen LogP contribution is -2.26. The molecule has 0 atom stereocenters. The number of imidazole rings is 1. The van der Waals surface area contributed by atoms with Gasteiger partial charge in [-0.1, -0.05) is 36.4 Å². The van der Waals surface area contributed by atoms with Crippen molar-refractivity contribution in [1.82, 2.24) is 14.9 Å². The number of aryl methyl sites for hydroxylation is 1. The molecule has 2 amide bonds. The van der Waals surface area contributed by atoms with Crippen molar-refractivity contribution in [3.05, 3.63) is 90.5 Å². The Hall–Kier alpha value is -4.20. The van der Waals surface area contributed by atoms with Crippen molar-refractivity contribution in [3.63, 3.8) is 0 Å². The van der Waals surface area contributed by atoms with Crippen LogP contribution in [-0.2, 0) is 11.3 Å². The average Bonchev–Trinajstić information content (AvgIpc) is 3.25. The third-order valence-corrected chi connectivity index (χ3v) is 5.03. The van der Waals surface area contributed by atoms with Crippen LogP contribution in [0.15, 0.2) is 79.1 Å². The van der Waals surface area contributed by atoms with Crippen molar-refractivity contribution in [2.45, 2.75) is 13.0 Å². The van der Waals surface area contributed by atoms with Crippen LogP contribution in [0.1, 0.15) is 16.8 Å². The zero-order chi connectivity index (χ0) is 23.0. The van der Waals surface area contributed by atoms with E-state index >= 15 is 0 Å². The van der Waals surface area contributed by atoms with Crippen LogP contribution in [-0.4, -0.2) is 34.5 Å². The molecular formula is C25H23FN4O3. The summed E-state index contributed by atoms with van der Waals surface area (Å²) in [5.74, 6) is -1.08. The first-order chi connectivity index (χ1) is 16.1. The Morgan fingerprint density at radius 1 is 0.970 bits per heavy atom. The van der Waals surface area contributed by atoms with Gasteiger partial charge in [-0.3, -0.25) is 9.59 Å². The molecule has 168 valence electrons. The summed E-state index contributed by atoms with van der Waals surface area (Å²) in [6.45, 7) is 0.828. The first-order valence-electron chi connectivity index (χ1n) is 10.6. The van der Waals surface area contributed by atoms with E-state index in [0.29, 0.717) is 12.1 Å². The highest BCUT2D eigenvalue weighted by atomic mass is 19.1. The van der Waals surface area contributed by atoms with Crippen molar-refractivity contribution in [1.29, 1.82) is 0 Å². The molecule has 1 aromatic heterocycles. The maximum Gasteiger partial charge on any atom is 0.262 e. The average molecular weight is 446 g/mol. The summed E-state index contributed by atoms with van der Waals surface area (Å²) in [6, 6.07) is 20.4. The van der Waals surface area contributed by atoms with E-state index in [1.807, 2.05) is 28.8 Å². The Morgan fingerprint density at radius 3 is 2.61 bits per heavy atom. The largest absolute Gasteiger partial charge is 0.483 e. The summed E-state index contributed by atoms with van der Waals surface area (Å²) in [7, 11) is 0. The fourth-order valence-electron chi connectivity index (χ4n) is 3.41. The fraction of sp³-hybridized carbons (Fsp3) is 0.160. The molecule has 0 aliphatic carbocycles. The highest BCUT2D eigenvalue weighted by molar-refractivity contribution is 5.97. The van der Waals surface area contributed by atoms with Crippen molar-refractivity contribution in [2.75, 3.05) is 18.5 Å². The van der Waals surface area contributed by atoms with Crippen LogP contribution in [0.2, 0.25) is 0 Å². The molecule has 0 spiro atoms. The van der Waals surface area contributed by atoms with E-state index in [1.54, 1.807) is 36.7 Å². The first kappa shape index (κ1) is 22.0. The van der Waals surface area contributed by atoms with Crippen LogP contribution in [0.3, 0.4) is 0 Å². The number of hydrogen-bond donors (Lipinski definition) is 2. The number of para-hydroxylation sites is 4. The second kappa shape index (κ2) is 10.4. The summed E-state index contributed by atoms with van der Waals surface area (Å²) < 4.78 is 21.3. The maximum atomic E-state index is 13.7. The van der Waals surface area contributed by atoms with Crippen molar-refractivity contribution < 1.29 is 18.7 Å². The molecule has 0 saturated carbocycles. The highest BCUT2D eigenvalue weighted by Crippen LogP contribution is 2.18. The molecule has 0 aliphatic rings. The maximum absolute atomic E-state index is 13.7. The predicted octanol–water partition coefficient (Wildman–Crippen LogP) is 4.01. The van der Waals surface area contributed by atoms with E-state index in [-0.39, 0.29) is 24.0 Å². The van der Waals surface area contributed by atoms with Crippen LogP contribution in [0.25, 0.3) is 11.0 Å². The smallest absolute Gasteiger partial charge is 0.262 e. The molecule has 2 N–H and O–H groups in total. The molecule has 0 fully saturated rings. The minimum absolute atomic E-state index is 0.0720. The lowest BCUT2D eigenvalue weighted by Gasteiger charge is -2.12. The molecule has 7 nitrogen and oxygen atoms in total. The third-order valence-electron chi connectivity index (χ3n) is 5.03. The van der Waals surface area contributed by atoms with Gasteiger partial charge < -0.3 is 19.9 Å². The normalized spacial score (nSPS) is 10.7. The Labute approximate surface area is 190 Å². The Kier molecular flexibility index (Phi) is 6.94. The van der Waals surface area contributed by atoms with Gasteiger partial charge in [0.2, 0.25) is 0 Å². The number of halogens is 1. The molecule has 8 heteroatoms. The third kappa shape index (κ3) is 5.54. The van der Waals surface area contributed by atoms with Gasteiger partial charge in [-0.05, 0) is 42.8 Å². The van der Waals surface area contributed by atoms with E-state index < -0.39 is 11.7 Å².